The van der Waals surface area contributed by atoms with Crippen LogP contribution in [0.3, 0.4) is 0 Å². The van der Waals surface area contributed by atoms with E-state index in [4.69, 9.17) is 10.00 Å². The van der Waals surface area contributed by atoms with E-state index >= 15 is 0 Å². The molecule has 0 unspecified atom stereocenters. The zero-order chi connectivity index (χ0) is 24.9. The van der Waals surface area contributed by atoms with Gasteiger partial charge in [0.1, 0.15) is 12.2 Å². The third-order valence-corrected chi connectivity index (χ3v) is 7.88. The Morgan fingerprint density at radius 3 is 2.43 bits per heavy atom. The quantitative estimate of drug-likeness (QED) is 0.138. The fraction of sp³-hybridized carbons (Fsp3) is 0.613. The van der Waals surface area contributed by atoms with Crippen molar-refractivity contribution in [2.24, 2.45) is 11.8 Å². The van der Waals surface area contributed by atoms with Crippen LogP contribution in [-0.4, -0.2) is 12.1 Å². The zero-order valence-corrected chi connectivity index (χ0v) is 21.4. The van der Waals surface area contributed by atoms with Gasteiger partial charge in [0.2, 0.25) is 0 Å². The summed E-state index contributed by atoms with van der Waals surface area (Å²) in [6, 6.07) is 10.7. The minimum absolute atomic E-state index is 0.0208. The van der Waals surface area contributed by atoms with Crippen LogP contribution in [-0.2, 0) is 16.0 Å². The molecule has 2 aliphatic carbocycles. The smallest absolute Gasteiger partial charge is 0.309 e. The van der Waals surface area contributed by atoms with Crippen LogP contribution in [0.4, 0.5) is 4.39 Å². The molecule has 0 heterocycles. The number of aryl methyl sites for hydroxylation is 1. The summed E-state index contributed by atoms with van der Waals surface area (Å²) in [6.07, 6.45) is 19.8. The molecule has 0 saturated heterocycles. The van der Waals surface area contributed by atoms with Crippen molar-refractivity contribution in [2.45, 2.75) is 109 Å². The Labute approximate surface area is 211 Å². The molecule has 35 heavy (non-hydrogen) atoms. The maximum atomic E-state index is 12.8. The lowest BCUT2D eigenvalue weighted by molar-refractivity contribution is -0.157. The summed E-state index contributed by atoms with van der Waals surface area (Å²) in [6.45, 7) is 2.24. The number of hydrogen-bond donors (Lipinski definition) is 0. The number of hydrogen-bond acceptors (Lipinski definition) is 3. The van der Waals surface area contributed by atoms with E-state index in [1.54, 1.807) is 6.08 Å². The van der Waals surface area contributed by atoms with Gasteiger partial charge in [0.25, 0.3) is 0 Å². The lowest BCUT2D eigenvalue weighted by atomic mass is 9.78. The molecule has 190 valence electrons. The van der Waals surface area contributed by atoms with E-state index in [0.717, 1.165) is 64.2 Å². The summed E-state index contributed by atoms with van der Waals surface area (Å²) in [7, 11) is 0. The van der Waals surface area contributed by atoms with Crippen LogP contribution in [0, 0.1) is 23.2 Å². The highest BCUT2D eigenvalue weighted by molar-refractivity contribution is 5.72. The number of carbonyl (C=O) groups excluding carboxylic acids is 1. The minimum atomic E-state index is -0.760. The van der Waals surface area contributed by atoms with Gasteiger partial charge in [-0.1, -0.05) is 56.2 Å². The maximum absolute atomic E-state index is 12.8. The third kappa shape index (κ3) is 9.28. The van der Waals surface area contributed by atoms with Gasteiger partial charge in [0, 0.05) is 0 Å². The second-order valence-corrected chi connectivity index (χ2v) is 10.5. The summed E-state index contributed by atoms with van der Waals surface area (Å²) in [4.78, 5) is 12.8. The lowest BCUT2D eigenvalue weighted by Crippen LogP contribution is -2.29. The molecule has 1 aromatic carbocycles. The van der Waals surface area contributed by atoms with E-state index < -0.39 is 5.83 Å². The van der Waals surface area contributed by atoms with Crippen LogP contribution in [0.2, 0.25) is 0 Å². The summed E-state index contributed by atoms with van der Waals surface area (Å²) >= 11 is 0. The molecule has 0 atom stereocenters. The van der Waals surface area contributed by atoms with Gasteiger partial charge >= 0.3 is 5.97 Å². The number of ether oxygens (including phenoxy) is 1. The first-order valence-electron chi connectivity index (χ1n) is 13.8. The Morgan fingerprint density at radius 1 is 1.06 bits per heavy atom. The number of benzene rings is 1. The highest BCUT2D eigenvalue weighted by Gasteiger charge is 2.31. The fourth-order valence-electron chi connectivity index (χ4n) is 5.61. The largest absolute Gasteiger partial charge is 0.462 e. The Hall–Kier alpha value is -2.41. The van der Waals surface area contributed by atoms with Crippen molar-refractivity contribution in [3.8, 4) is 6.07 Å². The third-order valence-electron chi connectivity index (χ3n) is 7.88. The summed E-state index contributed by atoms with van der Waals surface area (Å²) < 4.78 is 18.7. The Kier molecular flexibility index (Phi) is 11.5. The number of esters is 1. The van der Waals surface area contributed by atoms with Crippen molar-refractivity contribution in [1.29, 1.82) is 5.26 Å². The molecule has 0 N–H and O–H groups in total. The molecule has 0 aromatic heterocycles. The van der Waals surface area contributed by atoms with Crippen molar-refractivity contribution in [1.82, 2.24) is 0 Å². The molecule has 0 amide bonds. The first-order chi connectivity index (χ1) is 17.1. The standard InChI is InChI=1S/C31H42FNO2/c1-2-3-5-8-24-11-15-26(16-12-24)27-17-19-28(20-18-27)31(34)35-30-21-13-25(14-22-30)9-6-4-7-10-29(32)23-33/h4,7,10-12,15-16,25,27-28,30H,2-3,5-6,8-9,13-14,17-22H2,1H3. The molecule has 0 bridgehead atoms. The summed E-state index contributed by atoms with van der Waals surface area (Å²) in [5.41, 5.74) is 2.87. The van der Waals surface area contributed by atoms with Crippen LogP contribution in [0.15, 0.2) is 48.3 Å². The molecule has 2 aliphatic rings. The van der Waals surface area contributed by atoms with Crippen LogP contribution in [0.1, 0.15) is 107 Å². The van der Waals surface area contributed by atoms with Gasteiger partial charge < -0.3 is 4.74 Å². The Balaban J connectivity index is 1.32. The fourth-order valence-corrected chi connectivity index (χ4v) is 5.61. The monoisotopic (exact) mass is 479 g/mol. The Bertz CT molecular complexity index is 866. The normalized spacial score (nSPS) is 25.3. The molecule has 0 radical (unpaired) electrons. The average Bonchev–Trinajstić information content (AvgIpc) is 2.90. The second kappa shape index (κ2) is 14.9. The highest BCUT2D eigenvalue weighted by atomic mass is 19.1. The van der Waals surface area contributed by atoms with E-state index in [1.165, 1.54) is 49.0 Å². The average molecular weight is 480 g/mol. The van der Waals surface area contributed by atoms with E-state index in [-0.39, 0.29) is 18.0 Å². The topological polar surface area (TPSA) is 50.1 Å². The zero-order valence-electron chi connectivity index (χ0n) is 21.4. The molecule has 2 saturated carbocycles. The first kappa shape index (κ1) is 27.2. The van der Waals surface area contributed by atoms with Crippen LogP contribution in [0.5, 0.6) is 0 Å². The van der Waals surface area contributed by atoms with E-state index in [2.05, 4.69) is 31.2 Å². The predicted octanol–water partition coefficient (Wildman–Crippen LogP) is 8.51. The summed E-state index contributed by atoms with van der Waals surface area (Å²) in [5.74, 6) is 0.522. The molecule has 1 aromatic rings. The molecule has 0 spiro atoms. The maximum Gasteiger partial charge on any atom is 0.309 e. The molecule has 4 heteroatoms. The predicted molar refractivity (Wildman–Crippen MR) is 139 cm³/mol. The molecular weight excluding hydrogens is 437 g/mol. The van der Waals surface area contributed by atoms with E-state index in [0.29, 0.717) is 11.8 Å². The number of unbranched alkanes of at least 4 members (excludes halogenated alkanes) is 2. The SMILES string of the molecule is CCCCCc1ccc(C2CCC(C(=O)OC3CCC(CCC=CC=C(F)C#N)CC3)CC2)cc1. The minimum Gasteiger partial charge on any atom is -0.462 e. The van der Waals surface area contributed by atoms with Crippen LogP contribution in [0.25, 0.3) is 0 Å². The Morgan fingerprint density at radius 2 is 1.77 bits per heavy atom. The molecule has 3 rings (SSSR count). The van der Waals surface area contributed by atoms with Gasteiger partial charge in [-0.05, 0) is 106 Å². The van der Waals surface area contributed by atoms with Gasteiger partial charge in [-0.3, -0.25) is 4.79 Å². The van der Waals surface area contributed by atoms with Crippen LogP contribution >= 0.6 is 0 Å². The van der Waals surface area contributed by atoms with Gasteiger partial charge in [0.15, 0.2) is 5.83 Å². The number of nitrogens with zero attached hydrogens (tertiary/aromatic N) is 1. The number of carbonyl (C=O) groups is 1. The number of nitriles is 1. The lowest BCUT2D eigenvalue weighted by Gasteiger charge is -2.31. The number of allylic oxidation sites excluding steroid dienone is 4. The van der Waals surface area contributed by atoms with Crippen molar-refractivity contribution in [2.75, 3.05) is 0 Å². The van der Waals surface area contributed by atoms with Crippen molar-refractivity contribution < 1.29 is 13.9 Å². The number of halogens is 1. The molecule has 2 fully saturated rings. The van der Waals surface area contributed by atoms with Crippen molar-refractivity contribution >= 4 is 5.97 Å². The van der Waals surface area contributed by atoms with E-state index in [1.807, 2.05) is 6.08 Å². The number of rotatable bonds is 11. The van der Waals surface area contributed by atoms with Gasteiger partial charge in [0.05, 0.1) is 5.92 Å². The van der Waals surface area contributed by atoms with E-state index in [9.17, 15) is 9.18 Å². The first-order valence-corrected chi connectivity index (χ1v) is 13.8. The van der Waals surface area contributed by atoms with Crippen molar-refractivity contribution in [3.05, 3.63) is 59.4 Å². The van der Waals surface area contributed by atoms with Crippen LogP contribution < -0.4 is 0 Å². The van der Waals surface area contributed by atoms with Gasteiger partial charge in [-0.15, -0.1) is 0 Å². The highest BCUT2D eigenvalue weighted by Crippen LogP contribution is 2.37. The summed E-state index contributed by atoms with van der Waals surface area (Å²) in [5, 5.41) is 8.40. The van der Waals surface area contributed by atoms with Crippen molar-refractivity contribution in [3.63, 3.8) is 0 Å². The molecule has 0 aliphatic heterocycles. The molecular formula is C31H42FNO2. The second-order valence-electron chi connectivity index (χ2n) is 10.5. The van der Waals surface area contributed by atoms with Gasteiger partial charge in [-0.25, -0.2) is 0 Å². The molecule has 3 nitrogen and oxygen atoms in total. The van der Waals surface area contributed by atoms with Gasteiger partial charge in [-0.2, -0.15) is 9.65 Å².